The van der Waals surface area contributed by atoms with Crippen LogP contribution in [0.3, 0.4) is 0 Å². The largest absolute Gasteiger partial charge is 0.294 e. The molecule has 0 saturated carbocycles. The van der Waals surface area contributed by atoms with Gasteiger partial charge < -0.3 is 0 Å². The van der Waals surface area contributed by atoms with E-state index in [0.717, 1.165) is 5.56 Å². The summed E-state index contributed by atoms with van der Waals surface area (Å²) >= 11 is 5.90. The average Bonchev–Trinajstić information content (AvgIpc) is 2.35. The van der Waals surface area contributed by atoms with Crippen molar-refractivity contribution in [1.82, 2.24) is 0 Å². The van der Waals surface area contributed by atoms with Crippen LogP contribution in [-0.2, 0) is 6.42 Å². The van der Waals surface area contributed by atoms with Crippen molar-refractivity contribution in [2.75, 3.05) is 0 Å². The van der Waals surface area contributed by atoms with Gasteiger partial charge in [-0.3, -0.25) is 4.79 Å². The predicted octanol–water partition coefficient (Wildman–Crippen LogP) is 4.21. The molecule has 0 aliphatic heterocycles. The lowest BCUT2D eigenvalue weighted by Gasteiger charge is -2.06. The number of Topliss-reactive ketones (excluding diaryl/α,β-unsaturated/α-hetero) is 1. The summed E-state index contributed by atoms with van der Waals surface area (Å²) in [4.78, 5) is 12.1. The Kier molecular flexibility index (Phi) is 3.78. The highest BCUT2D eigenvalue weighted by molar-refractivity contribution is 6.34. The first-order valence-electron chi connectivity index (χ1n) is 5.60. The van der Waals surface area contributed by atoms with Crippen LogP contribution in [0.25, 0.3) is 0 Å². The molecule has 2 aromatic carbocycles. The molecule has 92 valence electrons. The fraction of sp³-hybridized carbons (Fsp3) is 0.133. The number of aryl methyl sites for hydroxylation is 1. The zero-order valence-electron chi connectivity index (χ0n) is 9.91. The third kappa shape index (κ3) is 2.77. The number of hydrogen-bond acceptors (Lipinski definition) is 1. The molecule has 0 heterocycles. The van der Waals surface area contributed by atoms with Crippen LogP contribution in [0, 0.1) is 12.7 Å². The van der Waals surface area contributed by atoms with Crippen molar-refractivity contribution in [2.24, 2.45) is 0 Å². The molecule has 2 aromatic rings. The minimum Gasteiger partial charge on any atom is -0.294 e. The predicted molar refractivity (Wildman–Crippen MR) is 70.6 cm³/mol. The second-order valence-corrected chi connectivity index (χ2v) is 4.57. The van der Waals surface area contributed by atoms with Gasteiger partial charge in [-0.25, -0.2) is 4.39 Å². The van der Waals surface area contributed by atoms with E-state index >= 15 is 0 Å². The smallest absolute Gasteiger partial charge is 0.168 e. The number of rotatable bonds is 3. The minimum absolute atomic E-state index is 0.102. The molecule has 0 atom stereocenters. The molecular weight excluding hydrogens is 251 g/mol. The van der Waals surface area contributed by atoms with Crippen molar-refractivity contribution >= 4 is 17.4 Å². The van der Waals surface area contributed by atoms with Gasteiger partial charge in [-0.2, -0.15) is 0 Å². The summed E-state index contributed by atoms with van der Waals surface area (Å²) in [5.41, 5.74) is 1.72. The van der Waals surface area contributed by atoms with Gasteiger partial charge >= 0.3 is 0 Å². The number of carbonyl (C=O) groups is 1. The van der Waals surface area contributed by atoms with E-state index in [-0.39, 0.29) is 17.2 Å². The summed E-state index contributed by atoms with van der Waals surface area (Å²) in [5, 5.41) is 0.166. The molecule has 0 aliphatic carbocycles. The number of ketones is 1. The van der Waals surface area contributed by atoms with E-state index in [2.05, 4.69) is 0 Å². The zero-order chi connectivity index (χ0) is 13.1. The maximum atomic E-state index is 13.3. The molecule has 3 heteroatoms. The summed E-state index contributed by atoms with van der Waals surface area (Å²) in [5.74, 6) is -0.495. The Balaban J connectivity index is 2.27. The maximum absolute atomic E-state index is 13.3. The van der Waals surface area contributed by atoms with Crippen LogP contribution in [0.15, 0.2) is 42.5 Å². The van der Waals surface area contributed by atoms with Crippen LogP contribution in [0.1, 0.15) is 21.5 Å². The van der Waals surface area contributed by atoms with Crippen LogP contribution in [0.4, 0.5) is 4.39 Å². The summed E-state index contributed by atoms with van der Waals surface area (Å²) in [7, 11) is 0. The van der Waals surface area contributed by atoms with Gasteiger partial charge in [0.05, 0.1) is 5.02 Å². The Hall–Kier alpha value is -1.67. The number of carbonyl (C=O) groups excluding carboxylic acids is 1. The Bertz CT molecular complexity index is 579. The van der Waals surface area contributed by atoms with Gasteiger partial charge in [0.25, 0.3) is 0 Å². The molecule has 0 unspecified atom stereocenters. The molecule has 1 nitrogen and oxygen atoms in total. The molecule has 0 spiro atoms. The first-order chi connectivity index (χ1) is 8.58. The van der Waals surface area contributed by atoms with Crippen molar-refractivity contribution < 1.29 is 9.18 Å². The van der Waals surface area contributed by atoms with Crippen molar-refractivity contribution in [2.45, 2.75) is 13.3 Å². The number of halogens is 2. The van der Waals surface area contributed by atoms with Gasteiger partial charge in [-0.1, -0.05) is 41.9 Å². The highest BCUT2D eigenvalue weighted by atomic mass is 35.5. The zero-order valence-corrected chi connectivity index (χ0v) is 10.7. The van der Waals surface area contributed by atoms with Crippen LogP contribution in [-0.4, -0.2) is 5.78 Å². The molecule has 0 saturated heterocycles. The molecule has 2 rings (SSSR count). The molecule has 0 fully saturated rings. The van der Waals surface area contributed by atoms with Crippen LogP contribution in [0.2, 0.25) is 5.02 Å². The Morgan fingerprint density at radius 2 is 1.89 bits per heavy atom. The van der Waals surface area contributed by atoms with Crippen LogP contribution < -0.4 is 0 Å². The first kappa shape index (κ1) is 12.8. The molecule has 0 aliphatic rings. The number of benzene rings is 2. The van der Waals surface area contributed by atoms with Crippen molar-refractivity contribution in [3.63, 3.8) is 0 Å². The molecule has 0 aromatic heterocycles. The van der Waals surface area contributed by atoms with Crippen LogP contribution in [0.5, 0.6) is 0 Å². The van der Waals surface area contributed by atoms with Crippen molar-refractivity contribution in [3.8, 4) is 0 Å². The quantitative estimate of drug-likeness (QED) is 0.757. The summed E-state index contributed by atoms with van der Waals surface area (Å²) in [6.07, 6.45) is 0.269. The van der Waals surface area contributed by atoms with E-state index in [9.17, 15) is 9.18 Å². The highest BCUT2D eigenvalue weighted by Crippen LogP contribution is 2.22. The molecular formula is C15H12ClFO. The van der Waals surface area contributed by atoms with E-state index in [1.807, 2.05) is 30.3 Å². The first-order valence-corrected chi connectivity index (χ1v) is 5.98. The van der Waals surface area contributed by atoms with E-state index < -0.39 is 5.82 Å². The Labute approximate surface area is 110 Å². The third-order valence-corrected chi connectivity index (χ3v) is 3.07. The van der Waals surface area contributed by atoms with Crippen LogP contribution >= 0.6 is 11.6 Å². The fourth-order valence-electron chi connectivity index (χ4n) is 1.75. The summed E-state index contributed by atoms with van der Waals surface area (Å²) in [6.45, 7) is 1.62. The molecule has 0 bridgehead atoms. The normalized spacial score (nSPS) is 10.4. The van der Waals surface area contributed by atoms with E-state index in [1.54, 1.807) is 6.92 Å². The maximum Gasteiger partial charge on any atom is 0.168 e. The molecule has 0 amide bonds. The Morgan fingerprint density at radius 1 is 1.22 bits per heavy atom. The van der Waals surface area contributed by atoms with E-state index in [0.29, 0.717) is 11.1 Å². The highest BCUT2D eigenvalue weighted by Gasteiger charge is 2.13. The SMILES string of the molecule is Cc1cc(C(=O)Cc2ccccc2)c(Cl)cc1F. The number of hydrogen-bond donors (Lipinski definition) is 0. The van der Waals surface area contributed by atoms with Gasteiger partial charge in [0.15, 0.2) is 5.78 Å². The lowest BCUT2D eigenvalue weighted by molar-refractivity contribution is 0.0993. The van der Waals surface area contributed by atoms with Gasteiger partial charge in [0.1, 0.15) is 5.82 Å². The lowest BCUT2D eigenvalue weighted by Crippen LogP contribution is -2.05. The molecule has 0 radical (unpaired) electrons. The summed E-state index contributed by atoms with van der Waals surface area (Å²) in [6, 6.07) is 12.1. The monoisotopic (exact) mass is 262 g/mol. The fourth-order valence-corrected chi connectivity index (χ4v) is 2.00. The van der Waals surface area contributed by atoms with E-state index in [4.69, 9.17) is 11.6 Å². The standard InChI is InChI=1S/C15H12ClFO/c1-10-7-12(13(16)9-14(10)17)15(18)8-11-5-3-2-4-6-11/h2-7,9H,8H2,1H3. The van der Waals surface area contributed by atoms with Gasteiger partial charge in [0.2, 0.25) is 0 Å². The van der Waals surface area contributed by atoms with Gasteiger partial charge in [0, 0.05) is 12.0 Å². The molecule has 0 N–H and O–H groups in total. The second kappa shape index (κ2) is 5.32. The average molecular weight is 263 g/mol. The molecule has 18 heavy (non-hydrogen) atoms. The third-order valence-electron chi connectivity index (χ3n) is 2.76. The van der Waals surface area contributed by atoms with Crippen molar-refractivity contribution in [3.05, 3.63) is 70.0 Å². The topological polar surface area (TPSA) is 17.1 Å². The van der Waals surface area contributed by atoms with E-state index in [1.165, 1.54) is 12.1 Å². The van der Waals surface area contributed by atoms with Gasteiger partial charge in [-0.15, -0.1) is 0 Å². The second-order valence-electron chi connectivity index (χ2n) is 4.17. The van der Waals surface area contributed by atoms with Crippen molar-refractivity contribution in [1.29, 1.82) is 0 Å². The summed E-state index contributed by atoms with van der Waals surface area (Å²) < 4.78 is 13.3. The lowest BCUT2D eigenvalue weighted by atomic mass is 10.0. The Morgan fingerprint density at radius 3 is 2.56 bits per heavy atom. The minimum atomic E-state index is -0.392. The van der Waals surface area contributed by atoms with Gasteiger partial charge in [-0.05, 0) is 30.2 Å².